The number of benzene rings is 1. The van der Waals surface area contributed by atoms with Crippen LogP contribution in [0.1, 0.15) is 43.7 Å². The van der Waals surface area contributed by atoms with Gasteiger partial charge in [0.2, 0.25) is 0 Å². The van der Waals surface area contributed by atoms with Crippen LogP contribution in [0.4, 0.5) is 0 Å². The predicted octanol–water partition coefficient (Wildman–Crippen LogP) is 4.23. The molecule has 2 N–H and O–H groups in total. The summed E-state index contributed by atoms with van der Waals surface area (Å²) in [7, 11) is 0. The highest BCUT2D eigenvalue weighted by Gasteiger charge is 2.11. The Morgan fingerprint density at radius 2 is 2.19 bits per heavy atom. The van der Waals surface area contributed by atoms with Crippen molar-refractivity contribution < 1.29 is 0 Å². The molecule has 0 bridgehead atoms. The van der Waals surface area contributed by atoms with Crippen molar-refractivity contribution in [3.05, 3.63) is 46.5 Å². The van der Waals surface area contributed by atoms with E-state index in [2.05, 4.69) is 12.1 Å². The summed E-state index contributed by atoms with van der Waals surface area (Å²) < 4.78 is 0. The van der Waals surface area contributed by atoms with Crippen molar-refractivity contribution in [2.75, 3.05) is 0 Å². The molecule has 0 heterocycles. The molecule has 0 saturated heterocycles. The van der Waals surface area contributed by atoms with Gasteiger partial charge in [0.15, 0.2) is 0 Å². The van der Waals surface area contributed by atoms with E-state index in [1.807, 2.05) is 18.2 Å². The lowest BCUT2D eigenvalue weighted by molar-refractivity contribution is 0.628. The summed E-state index contributed by atoms with van der Waals surface area (Å²) in [5.41, 5.74) is 8.85. The smallest absolute Gasteiger partial charge is 0.0409 e. The van der Waals surface area contributed by atoms with Crippen LogP contribution in [0.2, 0.25) is 5.02 Å². The number of halogens is 1. The summed E-state index contributed by atoms with van der Waals surface area (Å²) >= 11 is 5.96. The molecular formula is C14H18ClN. The molecule has 1 unspecified atom stereocenters. The van der Waals surface area contributed by atoms with E-state index in [0.717, 1.165) is 17.0 Å². The zero-order valence-corrected chi connectivity index (χ0v) is 10.2. The van der Waals surface area contributed by atoms with Gasteiger partial charge in [-0.25, -0.2) is 0 Å². The molecule has 1 aromatic carbocycles. The largest absolute Gasteiger partial charge is 0.324 e. The molecule has 1 nitrogen and oxygen atoms in total. The SMILES string of the molecule is NC(CC1=CCCCC1)c1cccc(Cl)c1. The van der Waals surface area contributed by atoms with E-state index in [9.17, 15) is 0 Å². The van der Waals surface area contributed by atoms with Crippen LogP contribution in [0.15, 0.2) is 35.9 Å². The number of hydrogen-bond donors (Lipinski definition) is 1. The minimum atomic E-state index is 0.0862. The Kier molecular flexibility index (Phi) is 4.03. The van der Waals surface area contributed by atoms with E-state index >= 15 is 0 Å². The average Bonchev–Trinajstić information content (AvgIpc) is 2.30. The molecule has 1 aliphatic rings. The zero-order valence-electron chi connectivity index (χ0n) is 9.45. The Bertz CT molecular complexity index is 384. The first-order valence-electron chi connectivity index (χ1n) is 5.94. The first kappa shape index (κ1) is 11.7. The van der Waals surface area contributed by atoms with Gasteiger partial charge in [0.05, 0.1) is 0 Å². The summed E-state index contributed by atoms with van der Waals surface area (Å²) in [5.74, 6) is 0. The normalized spacial score (nSPS) is 18.0. The van der Waals surface area contributed by atoms with E-state index < -0.39 is 0 Å². The van der Waals surface area contributed by atoms with Gasteiger partial charge in [0, 0.05) is 11.1 Å². The fourth-order valence-corrected chi connectivity index (χ4v) is 2.43. The second kappa shape index (κ2) is 5.51. The van der Waals surface area contributed by atoms with Crippen molar-refractivity contribution in [1.29, 1.82) is 0 Å². The molecule has 1 aromatic rings. The average molecular weight is 236 g/mol. The molecule has 1 aliphatic carbocycles. The molecule has 0 aromatic heterocycles. The molecule has 0 radical (unpaired) electrons. The highest BCUT2D eigenvalue weighted by Crippen LogP contribution is 2.27. The topological polar surface area (TPSA) is 26.0 Å². The number of hydrogen-bond acceptors (Lipinski definition) is 1. The summed E-state index contributed by atoms with van der Waals surface area (Å²) in [4.78, 5) is 0. The third-order valence-electron chi connectivity index (χ3n) is 3.14. The minimum Gasteiger partial charge on any atom is -0.324 e. The summed E-state index contributed by atoms with van der Waals surface area (Å²) in [6.45, 7) is 0. The Morgan fingerprint density at radius 3 is 2.88 bits per heavy atom. The Hall–Kier alpha value is -0.790. The van der Waals surface area contributed by atoms with Crippen LogP contribution in [0, 0.1) is 0 Å². The first-order chi connectivity index (χ1) is 7.75. The van der Waals surface area contributed by atoms with E-state index in [4.69, 9.17) is 17.3 Å². The number of nitrogens with two attached hydrogens (primary N) is 1. The molecule has 2 rings (SSSR count). The van der Waals surface area contributed by atoms with Crippen molar-refractivity contribution >= 4 is 11.6 Å². The van der Waals surface area contributed by atoms with E-state index in [1.54, 1.807) is 0 Å². The van der Waals surface area contributed by atoms with Crippen LogP contribution in [0.5, 0.6) is 0 Å². The van der Waals surface area contributed by atoms with Gasteiger partial charge < -0.3 is 5.73 Å². The molecule has 0 aliphatic heterocycles. The lowest BCUT2D eigenvalue weighted by atomic mass is 9.92. The van der Waals surface area contributed by atoms with Crippen molar-refractivity contribution in [3.8, 4) is 0 Å². The van der Waals surface area contributed by atoms with Gasteiger partial charge in [0.25, 0.3) is 0 Å². The lowest BCUT2D eigenvalue weighted by Crippen LogP contribution is -2.12. The van der Waals surface area contributed by atoms with Gasteiger partial charge in [-0.1, -0.05) is 35.4 Å². The predicted molar refractivity (Wildman–Crippen MR) is 69.5 cm³/mol. The molecule has 86 valence electrons. The Morgan fingerprint density at radius 1 is 1.31 bits per heavy atom. The van der Waals surface area contributed by atoms with Crippen molar-refractivity contribution in [2.24, 2.45) is 5.73 Å². The summed E-state index contributed by atoms with van der Waals surface area (Å²) in [6, 6.07) is 7.96. The number of allylic oxidation sites excluding steroid dienone is 1. The van der Waals surface area contributed by atoms with Crippen molar-refractivity contribution in [1.82, 2.24) is 0 Å². The van der Waals surface area contributed by atoms with Crippen molar-refractivity contribution in [2.45, 2.75) is 38.1 Å². The Labute approximate surface area is 102 Å². The van der Waals surface area contributed by atoms with Crippen LogP contribution >= 0.6 is 11.6 Å². The maximum Gasteiger partial charge on any atom is 0.0409 e. The molecule has 16 heavy (non-hydrogen) atoms. The van der Waals surface area contributed by atoms with Gasteiger partial charge in [0.1, 0.15) is 0 Å². The third-order valence-corrected chi connectivity index (χ3v) is 3.38. The maximum atomic E-state index is 6.20. The van der Waals surface area contributed by atoms with Gasteiger partial charge >= 0.3 is 0 Å². The Balaban J connectivity index is 2.02. The van der Waals surface area contributed by atoms with Crippen LogP contribution in [-0.4, -0.2) is 0 Å². The maximum absolute atomic E-state index is 6.20. The van der Waals surface area contributed by atoms with Crippen LogP contribution in [0.25, 0.3) is 0 Å². The zero-order chi connectivity index (χ0) is 11.4. The fourth-order valence-electron chi connectivity index (χ4n) is 2.23. The molecule has 0 amide bonds. The number of rotatable bonds is 3. The molecule has 1 atom stereocenters. The van der Waals surface area contributed by atoms with Gasteiger partial charge in [-0.15, -0.1) is 0 Å². The quantitative estimate of drug-likeness (QED) is 0.780. The molecule has 0 fully saturated rings. The monoisotopic (exact) mass is 235 g/mol. The van der Waals surface area contributed by atoms with Gasteiger partial charge in [-0.05, 0) is 49.8 Å². The highest BCUT2D eigenvalue weighted by molar-refractivity contribution is 6.30. The standard InChI is InChI=1S/C14H18ClN/c15-13-8-4-7-12(10-13)14(16)9-11-5-2-1-3-6-11/h4-5,7-8,10,14H,1-3,6,9,16H2. The van der Waals surface area contributed by atoms with E-state index in [0.29, 0.717) is 0 Å². The lowest BCUT2D eigenvalue weighted by Gasteiger charge is -2.17. The second-order valence-corrected chi connectivity index (χ2v) is 4.91. The molecule has 0 spiro atoms. The van der Waals surface area contributed by atoms with Gasteiger partial charge in [-0.3, -0.25) is 0 Å². The third kappa shape index (κ3) is 3.10. The fraction of sp³-hybridized carbons (Fsp3) is 0.429. The molecule has 0 saturated carbocycles. The molecule has 2 heteroatoms. The second-order valence-electron chi connectivity index (χ2n) is 4.47. The summed E-state index contributed by atoms with van der Waals surface area (Å²) in [5, 5.41) is 0.769. The highest BCUT2D eigenvalue weighted by atomic mass is 35.5. The van der Waals surface area contributed by atoms with E-state index in [1.165, 1.54) is 31.3 Å². The van der Waals surface area contributed by atoms with Crippen LogP contribution < -0.4 is 5.73 Å². The van der Waals surface area contributed by atoms with Crippen LogP contribution in [0.3, 0.4) is 0 Å². The molecular weight excluding hydrogens is 218 g/mol. The first-order valence-corrected chi connectivity index (χ1v) is 6.32. The van der Waals surface area contributed by atoms with Crippen molar-refractivity contribution in [3.63, 3.8) is 0 Å². The van der Waals surface area contributed by atoms with E-state index in [-0.39, 0.29) is 6.04 Å². The van der Waals surface area contributed by atoms with Crippen LogP contribution in [-0.2, 0) is 0 Å². The minimum absolute atomic E-state index is 0.0862. The summed E-state index contributed by atoms with van der Waals surface area (Å²) in [6.07, 6.45) is 8.41. The van der Waals surface area contributed by atoms with Gasteiger partial charge in [-0.2, -0.15) is 0 Å².